The molecule has 15 heavy (non-hydrogen) atoms. The number of nitrogens with one attached hydrogen (secondary N) is 1. The Morgan fingerprint density at radius 2 is 1.87 bits per heavy atom. The van der Waals surface area contributed by atoms with Gasteiger partial charge in [-0.3, -0.25) is 0 Å². The highest BCUT2D eigenvalue weighted by atomic mass is 15.1. The Hall–Kier alpha value is -0.0800. The summed E-state index contributed by atoms with van der Waals surface area (Å²) in [5.41, 5.74) is 0. The minimum atomic E-state index is 1.01. The number of likely N-dealkylation sites (tertiary alicyclic amines) is 1. The van der Waals surface area contributed by atoms with Gasteiger partial charge in [0, 0.05) is 0 Å². The first-order chi connectivity index (χ1) is 7.36. The van der Waals surface area contributed by atoms with Crippen LogP contribution in [-0.2, 0) is 0 Å². The summed E-state index contributed by atoms with van der Waals surface area (Å²) < 4.78 is 0. The SMILES string of the molecule is CCCNCCCN1CCC(CC)CC1. The van der Waals surface area contributed by atoms with Crippen LogP contribution in [0.1, 0.15) is 46.0 Å². The molecule has 0 atom stereocenters. The van der Waals surface area contributed by atoms with Gasteiger partial charge in [-0.25, -0.2) is 0 Å². The van der Waals surface area contributed by atoms with Gasteiger partial charge in [0.15, 0.2) is 0 Å². The molecule has 1 fully saturated rings. The van der Waals surface area contributed by atoms with E-state index in [2.05, 4.69) is 24.1 Å². The van der Waals surface area contributed by atoms with Crippen LogP contribution in [0, 0.1) is 5.92 Å². The Kier molecular flexibility index (Phi) is 7.03. The Balaban J connectivity index is 1.94. The molecule has 0 saturated carbocycles. The second-order valence-corrected chi connectivity index (χ2v) is 4.80. The summed E-state index contributed by atoms with van der Waals surface area (Å²) in [5.74, 6) is 1.01. The normalized spacial score (nSPS) is 19.6. The number of hydrogen-bond acceptors (Lipinski definition) is 2. The maximum atomic E-state index is 3.47. The standard InChI is InChI=1S/C13H28N2/c1-3-8-14-9-5-10-15-11-6-13(4-2)7-12-15/h13-14H,3-12H2,1-2H3. The molecule has 1 aliphatic rings. The second-order valence-electron chi connectivity index (χ2n) is 4.80. The minimum Gasteiger partial charge on any atom is -0.317 e. The molecule has 2 heteroatoms. The highest BCUT2D eigenvalue weighted by Gasteiger charge is 2.16. The first-order valence-electron chi connectivity index (χ1n) is 6.79. The van der Waals surface area contributed by atoms with Crippen LogP contribution in [0.2, 0.25) is 0 Å². The smallest absolute Gasteiger partial charge is 0.000664 e. The highest BCUT2D eigenvalue weighted by Crippen LogP contribution is 2.19. The molecule has 0 bridgehead atoms. The van der Waals surface area contributed by atoms with Gasteiger partial charge in [0.2, 0.25) is 0 Å². The molecule has 0 aliphatic carbocycles. The third-order valence-corrected chi connectivity index (χ3v) is 3.54. The molecule has 1 N–H and O–H groups in total. The van der Waals surface area contributed by atoms with Crippen LogP contribution in [0.25, 0.3) is 0 Å². The largest absolute Gasteiger partial charge is 0.317 e. The molecule has 1 rings (SSSR count). The maximum Gasteiger partial charge on any atom is -0.000664 e. The summed E-state index contributed by atoms with van der Waals surface area (Å²) in [6.45, 7) is 10.9. The van der Waals surface area contributed by atoms with E-state index in [1.54, 1.807) is 0 Å². The van der Waals surface area contributed by atoms with E-state index in [1.165, 1.54) is 64.8 Å². The van der Waals surface area contributed by atoms with Crippen molar-refractivity contribution in [2.75, 3.05) is 32.7 Å². The van der Waals surface area contributed by atoms with Gasteiger partial charge in [0.05, 0.1) is 0 Å². The van der Waals surface area contributed by atoms with Crippen molar-refractivity contribution in [3.63, 3.8) is 0 Å². The van der Waals surface area contributed by atoms with Gasteiger partial charge >= 0.3 is 0 Å². The van der Waals surface area contributed by atoms with E-state index in [-0.39, 0.29) is 0 Å². The molecular formula is C13H28N2. The van der Waals surface area contributed by atoms with E-state index in [0.29, 0.717) is 0 Å². The summed E-state index contributed by atoms with van der Waals surface area (Å²) in [5, 5.41) is 3.47. The molecular weight excluding hydrogens is 184 g/mol. The Morgan fingerprint density at radius 3 is 2.47 bits per heavy atom. The fourth-order valence-electron chi connectivity index (χ4n) is 2.35. The fraction of sp³-hybridized carbons (Fsp3) is 1.00. The van der Waals surface area contributed by atoms with Crippen molar-refractivity contribution >= 4 is 0 Å². The van der Waals surface area contributed by atoms with Crippen LogP contribution in [0.3, 0.4) is 0 Å². The van der Waals surface area contributed by atoms with Crippen LogP contribution >= 0.6 is 0 Å². The lowest BCUT2D eigenvalue weighted by molar-refractivity contribution is 0.180. The summed E-state index contributed by atoms with van der Waals surface area (Å²) >= 11 is 0. The van der Waals surface area contributed by atoms with Crippen molar-refractivity contribution in [1.82, 2.24) is 10.2 Å². The molecule has 90 valence electrons. The summed E-state index contributed by atoms with van der Waals surface area (Å²) in [6, 6.07) is 0. The average molecular weight is 212 g/mol. The van der Waals surface area contributed by atoms with Crippen LogP contribution < -0.4 is 5.32 Å². The van der Waals surface area contributed by atoms with Crippen LogP contribution in [-0.4, -0.2) is 37.6 Å². The first kappa shape index (κ1) is 13.0. The van der Waals surface area contributed by atoms with Gasteiger partial charge in [-0.15, -0.1) is 0 Å². The van der Waals surface area contributed by atoms with E-state index in [4.69, 9.17) is 0 Å². The fourth-order valence-corrected chi connectivity index (χ4v) is 2.35. The van der Waals surface area contributed by atoms with Crippen LogP contribution in [0.4, 0.5) is 0 Å². The van der Waals surface area contributed by atoms with Gasteiger partial charge in [0.25, 0.3) is 0 Å². The number of rotatable bonds is 7. The monoisotopic (exact) mass is 212 g/mol. The third kappa shape index (κ3) is 5.53. The summed E-state index contributed by atoms with van der Waals surface area (Å²) in [4.78, 5) is 2.64. The molecule has 0 aromatic rings. The number of nitrogens with zero attached hydrogens (tertiary/aromatic N) is 1. The Labute approximate surface area is 95.4 Å². The van der Waals surface area contributed by atoms with Gasteiger partial charge in [-0.1, -0.05) is 20.3 Å². The van der Waals surface area contributed by atoms with Crippen LogP contribution in [0.5, 0.6) is 0 Å². The van der Waals surface area contributed by atoms with Crippen molar-refractivity contribution in [1.29, 1.82) is 0 Å². The van der Waals surface area contributed by atoms with E-state index < -0.39 is 0 Å². The van der Waals surface area contributed by atoms with E-state index in [1.807, 2.05) is 0 Å². The molecule has 1 heterocycles. The van der Waals surface area contributed by atoms with E-state index in [9.17, 15) is 0 Å². The molecule has 1 saturated heterocycles. The van der Waals surface area contributed by atoms with Gasteiger partial charge in [0.1, 0.15) is 0 Å². The summed E-state index contributed by atoms with van der Waals surface area (Å²) in [6.07, 6.45) is 6.81. The van der Waals surface area contributed by atoms with Gasteiger partial charge in [-0.05, 0) is 64.3 Å². The van der Waals surface area contributed by atoms with Crippen LogP contribution in [0.15, 0.2) is 0 Å². The zero-order valence-corrected chi connectivity index (χ0v) is 10.6. The lowest BCUT2D eigenvalue weighted by atomic mass is 9.94. The third-order valence-electron chi connectivity index (χ3n) is 3.54. The summed E-state index contributed by atoms with van der Waals surface area (Å²) in [7, 11) is 0. The zero-order chi connectivity index (χ0) is 10.9. The average Bonchev–Trinajstić information content (AvgIpc) is 2.30. The van der Waals surface area contributed by atoms with E-state index >= 15 is 0 Å². The molecule has 2 nitrogen and oxygen atoms in total. The highest BCUT2D eigenvalue weighted by molar-refractivity contribution is 4.71. The quantitative estimate of drug-likeness (QED) is 0.652. The second kappa shape index (κ2) is 8.12. The lowest BCUT2D eigenvalue weighted by Gasteiger charge is -2.31. The topological polar surface area (TPSA) is 15.3 Å². The molecule has 0 radical (unpaired) electrons. The Bertz CT molecular complexity index is 139. The molecule has 0 amide bonds. The minimum absolute atomic E-state index is 1.01. The lowest BCUT2D eigenvalue weighted by Crippen LogP contribution is -2.35. The van der Waals surface area contributed by atoms with Crippen molar-refractivity contribution in [3.8, 4) is 0 Å². The zero-order valence-electron chi connectivity index (χ0n) is 10.6. The Morgan fingerprint density at radius 1 is 1.13 bits per heavy atom. The predicted molar refractivity (Wildman–Crippen MR) is 67.2 cm³/mol. The molecule has 0 aromatic carbocycles. The van der Waals surface area contributed by atoms with Gasteiger partial charge in [-0.2, -0.15) is 0 Å². The van der Waals surface area contributed by atoms with Crippen molar-refractivity contribution in [3.05, 3.63) is 0 Å². The van der Waals surface area contributed by atoms with Crippen molar-refractivity contribution < 1.29 is 0 Å². The van der Waals surface area contributed by atoms with Gasteiger partial charge < -0.3 is 10.2 Å². The van der Waals surface area contributed by atoms with E-state index in [0.717, 1.165) is 5.92 Å². The molecule has 0 spiro atoms. The molecule has 1 aliphatic heterocycles. The number of piperidine rings is 1. The molecule has 0 unspecified atom stereocenters. The molecule has 0 aromatic heterocycles. The first-order valence-corrected chi connectivity index (χ1v) is 6.79. The number of hydrogen-bond donors (Lipinski definition) is 1. The maximum absolute atomic E-state index is 3.47. The predicted octanol–water partition coefficient (Wildman–Crippen LogP) is 2.50. The van der Waals surface area contributed by atoms with Crippen molar-refractivity contribution in [2.45, 2.75) is 46.0 Å². The van der Waals surface area contributed by atoms with Crippen molar-refractivity contribution in [2.24, 2.45) is 5.92 Å².